The number of ether oxygens (including phenoxy) is 2. The Labute approximate surface area is 203 Å². The first-order valence-corrected chi connectivity index (χ1v) is 12.0. The summed E-state index contributed by atoms with van der Waals surface area (Å²) in [6, 6.07) is 7.78. The van der Waals surface area contributed by atoms with Gasteiger partial charge in [0.25, 0.3) is 5.91 Å². The number of carbonyl (C=O) groups is 2. The molecule has 184 valence electrons. The minimum absolute atomic E-state index is 0.0358. The molecule has 0 bridgehead atoms. The van der Waals surface area contributed by atoms with E-state index in [2.05, 4.69) is 20.6 Å². The maximum atomic E-state index is 12.2. The Kier molecular flexibility index (Phi) is 6.54. The van der Waals surface area contributed by atoms with Gasteiger partial charge in [0.15, 0.2) is 5.75 Å². The fraction of sp³-hybridized carbons (Fsp3) is 0.440. The highest BCUT2D eigenvalue weighted by Crippen LogP contribution is 2.36. The monoisotopic (exact) mass is 478 g/mol. The van der Waals surface area contributed by atoms with Crippen LogP contribution in [-0.4, -0.2) is 60.4 Å². The van der Waals surface area contributed by atoms with Crippen LogP contribution in [0.25, 0.3) is 0 Å². The smallest absolute Gasteiger partial charge is 0.252 e. The number of para-hydroxylation sites is 1. The Balaban J connectivity index is 1.42. The normalized spacial score (nSPS) is 18.2. The Morgan fingerprint density at radius 2 is 1.97 bits per heavy atom. The van der Waals surface area contributed by atoms with Gasteiger partial charge in [0.1, 0.15) is 5.82 Å². The zero-order valence-electron chi connectivity index (χ0n) is 19.8. The number of nitrogens with zero attached hydrogens (tertiary/aromatic N) is 3. The zero-order valence-corrected chi connectivity index (χ0v) is 19.8. The first-order valence-electron chi connectivity index (χ1n) is 12.0. The van der Waals surface area contributed by atoms with Crippen LogP contribution in [0, 0.1) is 5.92 Å². The molecule has 1 saturated carbocycles. The second-order valence-electron chi connectivity index (χ2n) is 9.06. The molecule has 1 aromatic carbocycles. The van der Waals surface area contributed by atoms with Gasteiger partial charge in [-0.15, -0.1) is 0 Å². The van der Waals surface area contributed by atoms with Crippen molar-refractivity contribution in [2.24, 2.45) is 16.8 Å². The maximum Gasteiger partial charge on any atom is 0.252 e. The van der Waals surface area contributed by atoms with Crippen LogP contribution in [0.1, 0.15) is 48.0 Å². The Morgan fingerprint density at radius 3 is 2.69 bits per heavy atom. The second kappa shape index (κ2) is 9.91. The topological polar surface area (TPSA) is 131 Å². The van der Waals surface area contributed by atoms with Gasteiger partial charge in [-0.3, -0.25) is 14.6 Å². The Hall–Kier alpha value is -3.66. The fourth-order valence-corrected chi connectivity index (χ4v) is 4.54. The van der Waals surface area contributed by atoms with E-state index in [0.717, 1.165) is 63.1 Å². The molecular formula is C25H30N6O4. The number of aromatic nitrogens is 1. The molecular weight excluding hydrogens is 448 g/mol. The summed E-state index contributed by atoms with van der Waals surface area (Å²) in [5.41, 5.74) is 8.75. The van der Waals surface area contributed by atoms with Crippen molar-refractivity contribution >= 4 is 34.7 Å². The van der Waals surface area contributed by atoms with Gasteiger partial charge in [0.05, 0.1) is 35.8 Å². The predicted octanol–water partition coefficient (Wildman–Crippen LogP) is 2.87. The minimum atomic E-state index is -0.623. The summed E-state index contributed by atoms with van der Waals surface area (Å²) in [5, 5.41) is 13.2. The lowest BCUT2D eigenvalue weighted by Gasteiger charge is -2.29. The predicted molar refractivity (Wildman–Crippen MR) is 132 cm³/mol. The summed E-state index contributed by atoms with van der Waals surface area (Å²) in [7, 11) is 1.61. The number of anilines is 3. The molecule has 2 fully saturated rings. The largest absolute Gasteiger partial charge is 0.494 e. The van der Waals surface area contributed by atoms with Gasteiger partial charge in [-0.25, -0.2) is 4.98 Å². The van der Waals surface area contributed by atoms with Crippen LogP contribution in [0.2, 0.25) is 0 Å². The van der Waals surface area contributed by atoms with E-state index in [1.54, 1.807) is 13.2 Å². The average Bonchev–Trinajstić information content (AvgIpc) is 3.61. The van der Waals surface area contributed by atoms with Gasteiger partial charge in [-0.1, -0.05) is 6.07 Å². The molecule has 1 aliphatic carbocycles. The lowest BCUT2D eigenvalue weighted by molar-refractivity contribution is -0.117. The molecule has 10 heteroatoms. The third-order valence-electron chi connectivity index (χ3n) is 6.61. The summed E-state index contributed by atoms with van der Waals surface area (Å²) < 4.78 is 11.3. The molecule has 5 rings (SSSR count). The van der Waals surface area contributed by atoms with E-state index < -0.39 is 5.91 Å². The maximum absolute atomic E-state index is 12.2. The summed E-state index contributed by atoms with van der Waals surface area (Å²) in [4.78, 5) is 28.5. The van der Waals surface area contributed by atoms with Crippen molar-refractivity contribution in [1.29, 1.82) is 0 Å². The molecule has 2 aliphatic heterocycles. The number of nitrogens with one attached hydrogen (secondary N) is 2. The minimum Gasteiger partial charge on any atom is -0.494 e. The summed E-state index contributed by atoms with van der Waals surface area (Å²) >= 11 is 0. The number of nitrogens with two attached hydrogens (primary N) is 1. The quantitative estimate of drug-likeness (QED) is 0.532. The number of hydrogen-bond donors (Lipinski definition) is 3. The lowest BCUT2D eigenvalue weighted by atomic mass is 10.0. The first-order chi connectivity index (χ1) is 17.0. The molecule has 1 saturated heterocycles. The molecule has 0 spiro atoms. The molecule has 1 aromatic heterocycles. The van der Waals surface area contributed by atoms with Crippen LogP contribution < -0.4 is 21.1 Å². The number of amides is 2. The Bertz CT molecular complexity index is 1160. The van der Waals surface area contributed by atoms with Crippen molar-refractivity contribution in [2.75, 3.05) is 37.5 Å². The van der Waals surface area contributed by atoms with Crippen LogP contribution in [0.15, 0.2) is 35.6 Å². The highest BCUT2D eigenvalue weighted by molar-refractivity contribution is 6.06. The van der Waals surface area contributed by atoms with E-state index in [1.807, 2.05) is 18.2 Å². The van der Waals surface area contributed by atoms with Gasteiger partial charge < -0.3 is 25.8 Å². The van der Waals surface area contributed by atoms with Gasteiger partial charge in [0.2, 0.25) is 5.91 Å². The molecule has 10 nitrogen and oxygen atoms in total. The summed E-state index contributed by atoms with van der Waals surface area (Å²) in [6.07, 6.45) is 5.92. The average molecular weight is 479 g/mol. The molecule has 2 amide bonds. The number of benzene rings is 1. The van der Waals surface area contributed by atoms with E-state index in [4.69, 9.17) is 20.3 Å². The zero-order chi connectivity index (χ0) is 24.4. The third-order valence-corrected chi connectivity index (χ3v) is 6.61. The fourth-order valence-electron chi connectivity index (χ4n) is 4.54. The molecule has 35 heavy (non-hydrogen) atoms. The number of carbonyl (C=O) groups excluding carboxylic acids is 2. The van der Waals surface area contributed by atoms with Crippen molar-refractivity contribution in [1.82, 2.24) is 9.99 Å². The van der Waals surface area contributed by atoms with E-state index in [0.29, 0.717) is 29.0 Å². The van der Waals surface area contributed by atoms with Crippen LogP contribution in [-0.2, 0) is 9.53 Å². The summed E-state index contributed by atoms with van der Waals surface area (Å²) in [6.45, 7) is 2.40. The third kappa shape index (κ3) is 5.07. The van der Waals surface area contributed by atoms with Gasteiger partial charge >= 0.3 is 0 Å². The number of hydrogen-bond acceptors (Lipinski definition) is 8. The molecule has 0 radical (unpaired) electrons. The van der Waals surface area contributed by atoms with Gasteiger partial charge in [-0.05, 0) is 37.8 Å². The van der Waals surface area contributed by atoms with Crippen LogP contribution in [0.5, 0.6) is 5.75 Å². The molecule has 4 N–H and O–H groups in total. The standard InChI is InChI=1S/C25H30N6O4/c1-34-23-17(19-7-10-31(30-19)16-8-11-35-12-9-16)3-2-4-20(23)28-21-13-22(27-14-18(21)24(26)32)29-25(33)15-5-6-15/h2-4,13-16H,5-12H2,1H3,(H2,26,32)(H2,27,28,29,33). The molecule has 3 aliphatic rings. The first kappa shape index (κ1) is 23.1. The number of rotatable bonds is 8. The van der Waals surface area contributed by atoms with Crippen molar-refractivity contribution in [3.8, 4) is 5.75 Å². The van der Waals surface area contributed by atoms with Crippen molar-refractivity contribution in [3.05, 3.63) is 41.6 Å². The van der Waals surface area contributed by atoms with Crippen LogP contribution in [0.4, 0.5) is 17.2 Å². The number of hydrazone groups is 1. The van der Waals surface area contributed by atoms with E-state index in [1.165, 1.54) is 6.20 Å². The molecule has 3 heterocycles. The second-order valence-corrected chi connectivity index (χ2v) is 9.06. The highest BCUT2D eigenvalue weighted by Gasteiger charge is 2.30. The van der Waals surface area contributed by atoms with Crippen molar-refractivity contribution in [2.45, 2.75) is 38.1 Å². The van der Waals surface area contributed by atoms with E-state index >= 15 is 0 Å². The lowest BCUT2D eigenvalue weighted by Crippen LogP contribution is -2.34. The molecule has 0 unspecified atom stereocenters. The SMILES string of the molecule is COc1c(Nc2cc(NC(=O)C3CC3)ncc2C(N)=O)cccc1C1=NN(C2CCOCC2)CC1. The summed E-state index contributed by atoms with van der Waals surface area (Å²) in [5.74, 6) is 0.326. The van der Waals surface area contributed by atoms with Crippen molar-refractivity contribution in [3.63, 3.8) is 0 Å². The highest BCUT2D eigenvalue weighted by atomic mass is 16.5. The Morgan fingerprint density at radius 1 is 1.17 bits per heavy atom. The van der Waals surface area contributed by atoms with Crippen LogP contribution in [0.3, 0.4) is 0 Å². The van der Waals surface area contributed by atoms with Gasteiger partial charge in [-0.2, -0.15) is 5.10 Å². The van der Waals surface area contributed by atoms with Gasteiger partial charge in [0, 0.05) is 49.9 Å². The molecule has 2 aromatic rings. The number of methoxy groups -OCH3 is 1. The number of primary amides is 1. The van der Waals surface area contributed by atoms with E-state index in [9.17, 15) is 9.59 Å². The van der Waals surface area contributed by atoms with E-state index in [-0.39, 0.29) is 17.4 Å². The number of pyridine rings is 1. The van der Waals surface area contributed by atoms with Crippen LogP contribution >= 0.6 is 0 Å². The van der Waals surface area contributed by atoms with Crippen molar-refractivity contribution < 1.29 is 19.1 Å². The molecule has 0 atom stereocenters.